The van der Waals surface area contributed by atoms with E-state index in [-0.39, 0.29) is 36.0 Å². The number of aliphatic hydroxyl groups is 2. The van der Waals surface area contributed by atoms with Crippen molar-refractivity contribution in [3.63, 3.8) is 0 Å². The minimum atomic E-state index is -1.63. The number of nitrogens with zero attached hydrogens (tertiary/aromatic N) is 1. The van der Waals surface area contributed by atoms with Gasteiger partial charge in [0.15, 0.2) is 0 Å². The number of carboxylic acids is 1. The third-order valence-electron chi connectivity index (χ3n) is 13.8. The molecule has 0 amide bonds. The van der Waals surface area contributed by atoms with Gasteiger partial charge < -0.3 is 41.2 Å². The predicted octanol–water partition coefficient (Wildman–Crippen LogP) is -0.875. The van der Waals surface area contributed by atoms with Crippen LogP contribution in [-0.4, -0.2) is 92.4 Å². The number of nitrogens with two attached hydrogens (primary N) is 1. The number of aliphatic hydroxyl groups excluding tert-OH is 1. The quantitative estimate of drug-likeness (QED) is 0.0895. The molecule has 2 heterocycles. The number of allylic oxidation sites excluding steroid dienone is 1. The van der Waals surface area contributed by atoms with Crippen LogP contribution in [0, 0.1) is 40.4 Å². The molecule has 10 heteroatoms. The highest BCUT2D eigenvalue weighted by Crippen LogP contribution is 2.76. The van der Waals surface area contributed by atoms with Crippen molar-refractivity contribution in [2.75, 3.05) is 53.0 Å². The second-order valence-corrected chi connectivity index (χ2v) is 15.4. The van der Waals surface area contributed by atoms with Gasteiger partial charge in [-0.15, -0.1) is 0 Å². The summed E-state index contributed by atoms with van der Waals surface area (Å²) >= 11 is 0. The van der Waals surface area contributed by atoms with Crippen LogP contribution < -0.4 is 26.4 Å². The van der Waals surface area contributed by atoms with E-state index in [4.69, 9.17) is 10.5 Å². The molecule has 2 saturated heterocycles. The molecule has 11 atom stereocenters. The minimum Gasteiger partial charge on any atom is -0.545 e. The molecule has 1 unspecified atom stereocenters. The normalized spacial score (nSPS) is 47.7. The summed E-state index contributed by atoms with van der Waals surface area (Å²) in [6, 6.07) is 0.400. The number of hydrogen-bond acceptors (Lipinski definition) is 8. The number of rotatable bonds is 8. The van der Waals surface area contributed by atoms with E-state index in [9.17, 15) is 20.1 Å². The fourth-order valence-corrected chi connectivity index (χ4v) is 12.1. The smallest absolute Gasteiger partial charge is 0.293 e. The zero-order valence-electron chi connectivity index (χ0n) is 26.6. The van der Waals surface area contributed by atoms with E-state index in [1.54, 1.807) is 7.05 Å². The first-order valence-electron chi connectivity index (χ1n) is 17.3. The Labute approximate surface area is 261 Å². The fraction of sp³-hybridized carbons (Fsp3) is 0.824. The Morgan fingerprint density at radius 3 is 2.93 bits per heavy atom. The molecule has 44 heavy (non-hydrogen) atoms. The molecule has 0 radical (unpaired) electrons. The van der Waals surface area contributed by atoms with E-state index in [2.05, 4.69) is 34.7 Å². The van der Waals surface area contributed by atoms with Crippen molar-refractivity contribution in [3.8, 4) is 0 Å². The monoisotopic (exact) mass is 611 g/mol. The molecule has 7 N–H and O–H groups in total. The molecule has 0 aromatic carbocycles. The summed E-state index contributed by atoms with van der Waals surface area (Å²) in [6.45, 7) is 6.21. The minimum absolute atomic E-state index is 0.0319. The summed E-state index contributed by atoms with van der Waals surface area (Å²) in [5.74, 6) is 0.916. The van der Waals surface area contributed by atoms with Gasteiger partial charge >= 0.3 is 0 Å². The lowest BCUT2D eigenvalue weighted by Crippen LogP contribution is -3.19. The Hall–Kier alpha value is -1.82. The zero-order chi connectivity index (χ0) is 30.9. The summed E-state index contributed by atoms with van der Waals surface area (Å²) in [5, 5.41) is 42.7. The Bertz CT molecular complexity index is 1250. The highest BCUT2D eigenvalue weighted by molar-refractivity contribution is 5.90. The molecule has 7 aliphatic rings. The number of aliphatic imine (C=N–C) groups is 1. The number of carboxylic acid groups (broad SMARTS) is 1. The molecule has 0 aromatic heterocycles. The number of hydrogen-bond donors (Lipinski definition) is 6. The van der Waals surface area contributed by atoms with E-state index < -0.39 is 22.6 Å². The van der Waals surface area contributed by atoms with E-state index in [0.29, 0.717) is 49.1 Å². The molecular formula is C34H53N5O5. The van der Waals surface area contributed by atoms with Crippen molar-refractivity contribution in [2.45, 2.75) is 82.0 Å². The van der Waals surface area contributed by atoms with Crippen LogP contribution in [0.1, 0.15) is 64.7 Å². The maximum Gasteiger partial charge on any atom is 0.293 e. The number of aliphatic carboxylic acids is 1. The lowest BCUT2D eigenvalue weighted by Gasteiger charge is -2.60. The first-order chi connectivity index (χ1) is 21.1. The van der Waals surface area contributed by atoms with Crippen LogP contribution in [0.4, 0.5) is 0 Å². The molecule has 244 valence electrons. The first kappa shape index (κ1) is 30.8. The second kappa shape index (κ2) is 11.2. The topological polar surface area (TPSA) is 157 Å². The van der Waals surface area contributed by atoms with E-state index in [0.717, 1.165) is 81.6 Å². The number of fused-ring (bicyclic) bond motifs is 1. The average molecular weight is 612 g/mol. The molecule has 5 aliphatic carbocycles. The van der Waals surface area contributed by atoms with Crippen LogP contribution >= 0.6 is 0 Å². The van der Waals surface area contributed by atoms with Gasteiger partial charge in [-0.05, 0) is 81.6 Å². The molecule has 0 aromatic rings. The number of carbonyl (C=O) groups is 1. The number of guanidine groups is 1. The summed E-state index contributed by atoms with van der Waals surface area (Å²) < 4.78 is 6.90. The van der Waals surface area contributed by atoms with Crippen LogP contribution in [0.3, 0.4) is 0 Å². The summed E-state index contributed by atoms with van der Waals surface area (Å²) in [5.41, 5.74) is 4.64. The molecule has 4 bridgehead atoms. The Balaban J connectivity index is 1.29. The van der Waals surface area contributed by atoms with Crippen LogP contribution in [0.2, 0.25) is 0 Å². The van der Waals surface area contributed by atoms with Gasteiger partial charge in [-0.25, -0.2) is 4.99 Å². The highest BCUT2D eigenvalue weighted by atomic mass is 16.5. The second-order valence-electron chi connectivity index (χ2n) is 15.4. The molecule has 7 rings (SSSR count). The number of carbonyl (C=O) groups excluding carboxylic acids is 1. The number of piperidine rings is 2. The largest absolute Gasteiger partial charge is 0.545 e. The third kappa shape index (κ3) is 4.27. The van der Waals surface area contributed by atoms with Gasteiger partial charge in [-0.1, -0.05) is 24.6 Å². The maximum atomic E-state index is 13.2. The maximum absolute atomic E-state index is 13.2. The Morgan fingerprint density at radius 1 is 1.32 bits per heavy atom. The van der Waals surface area contributed by atoms with Gasteiger partial charge in [-0.2, -0.15) is 0 Å². The zero-order valence-corrected chi connectivity index (χ0v) is 26.6. The number of quaternary nitrogens is 1. The predicted molar refractivity (Wildman–Crippen MR) is 164 cm³/mol. The van der Waals surface area contributed by atoms with Gasteiger partial charge in [0.05, 0.1) is 37.9 Å². The molecule has 2 spiro atoms. The van der Waals surface area contributed by atoms with Gasteiger partial charge in [0, 0.05) is 54.9 Å². The average Bonchev–Trinajstić information content (AvgIpc) is 3.37. The SMILES string of the molecule is CN=C(N)[NH+]1CC[C@H](CNCCO)[C@@]2(C1)[C@@H]1CC[C@@H](C)[C@]23C[C@](O)(CO[C@@]24C=C[C@H]5CN[C@@H](CCC2)[C@@H]4C5)C(C(=O)[O-])=C3C1. The van der Waals surface area contributed by atoms with Crippen LogP contribution in [-0.2, 0) is 9.53 Å². The van der Waals surface area contributed by atoms with Gasteiger partial charge in [0.1, 0.15) is 5.60 Å². The summed E-state index contributed by atoms with van der Waals surface area (Å²) in [7, 11) is 1.74. The lowest BCUT2D eigenvalue weighted by atomic mass is 9.45. The summed E-state index contributed by atoms with van der Waals surface area (Å²) in [6.07, 6.45) is 12.6. The van der Waals surface area contributed by atoms with Crippen LogP contribution in [0.5, 0.6) is 0 Å². The van der Waals surface area contributed by atoms with Crippen molar-refractivity contribution in [3.05, 3.63) is 23.3 Å². The van der Waals surface area contributed by atoms with Crippen molar-refractivity contribution in [1.82, 2.24) is 10.6 Å². The van der Waals surface area contributed by atoms with E-state index >= 15 is 0 Å². The Morgan fingerprint density at radius 2 is 2.16 bits per heavy atom. The molecular weight excluding hydrogens is 558 g/mol. The van der Waals surface area contributed by atoms with Gasteiger partial charge in [0.2, 0.25) is 0 Å². The molecule has 2 aliphatic heterocycles. The first-order valence-corrected chi connectivity index (χ1v) is 17.3. The standard InChI is InChI=1S/C34H53N5O5/c1-21-5-6-23-15-26-28(29(41)42)31(43,20-44-32-9-3-4-27-25(32)14-22(7-10-32)16-38-27)18-33(21,26)34(23)19-39(30(35)36-2)12-8-24(34)17-37-11-13-40/h7,10,21-25,27,37-38,40,43H,3-6,8-9,11-20H2,1-2H3,(H2,35,36)(H,41,42)/t21-,22-,23-,24-,25+,27+,31+,32-,33+,34-/m1/s1. The van der Waals surface area contributed by atoms with Gasteiger partial charge in [0.25, 0.3) is 5.96 Å². The number of nitrogens with one attached hydrogen (secondary N) is 3. The Kier molecular flexibility index (Phi) is 7.82. The van der Waals surface area contributed by atoms with E-state index in [1.165, 1.54) is 0 Å². The molecule has 10 nitrogen and oxygen atoms in total. The fourth-order valence-electron chi connectivity index (χ4n) is 12.1. The van der Waals surface area contributed by atoms with Crippen molar-refractivity contribution in [2.24, 2.45) is 51.1 Å². The van der Waals surface area contributed by atoms with Crippen molar-refractivity contribution >= 4 is 11.9 Å². The number of likely N-dealkylation sites (tertiary alicyclic amines) is 1. The third-order valence-corrected chi connectivity index (χ3v) is 13.8. The van der Waals surface area contributed by atoms with Crippen LogP contribution in [0.15, 0.2) is 28.3 Å². The van der Waals surface area contributed by atoms with Crippen molar-refractivity contribution in [1.29, 1.82) is 0 Å². The molecule has 3 saturated carbocycles. The van der Waals surface area contributed by atoms with Gasteiger partial charge in [-0.3, -0.25) is 4.90 Å². The van der Waals surface area contributed by atoms with Crippen molar-refractivity contribution < 1.29 is 29.8 Å². The highest BCUT2D eigenvalue weighted by Gasteiger charge is 2.76. The van der Waals surface area contributed by atoms with E-state index in [1.807, 2.05) is 0 Å². The molecule has 5 fully saturated rings. The number of ether oxygens (including phenoxy) is 1. The van der Waals surface area contributed by atoms with Crippen LogP contribution in [0.25, 0.3) is 0 Å². The summed E-state index contributed by atoms with van der Waals surface area (Å²) in [4.78, 5) is 18.7. The lowest BCUT2D eigenvalue weighted by molar-refractivity contribution is -0.828.